The molecule has 1 fully saturated rings. The zero-order valence-corrected chi connectivity index (χ0v) is 16.6. The number of carbonyl (C=O) groups is 2. The lowest BCUT2D eigenvalue weighted by molar-refractivity contribution is -0.129. The highest BCUT2D eigenvalue weighted by Crippen LogP contribution is 2.23. The monoisotopic (exact) mass is 380 g/mol. The van der Waals surface area contributed by atoms with Crippen LogP contribution in [0.2, 0.25) is 0 Å². The Morgan fingerprint density at radius 2 is 1.79 bits per heavy atom. The molecule has 1 aliphatic rings. The fraction of sp³-hybridized carbons (Fsp3) is 0.391. The van der Waals surface area contributed by atoms with Crippen LogP contribution in [0.25, 0.3) is 0 Å². The summed E-state index contributed by atoms with van der Waals surface area (Å²) < 4.78 is 4.71. The number of methoxy groups -OCH3 is 1. The fourth-order valence-corrected chi connectivity index (χ4v) is 3.58. The molecule has 2 aromatic carbocycles. The van der Waals surface area contributed by atoms with Crippen molar-refractivity contribution in [3.63, 3.8) is 0 Å². The largest absolute Gasteiger partial charge is 0.465 e. The lowest BCUT2D eigenvalue weighted by Gasteiger charge is -2.25. The number of rotatable bonds is 8. The molecule has 28 heavy (non-hydrogen) atoms. The molecule has 0 aromatic heterocycles. The van der Waals surface area contributed by atoms with Gasteiger partial charge in [-0.3, -0.25) is 4.79 Å². The van der Waals surface area contributed by atoms with Crippen LogP contribution in [-0.4, -0.2) is 36.5 Å². The number of esters is 1. The smallest absolute Gasteiger partial charge is 0.337 e. The molecule has 1 saturated heterocycles. The van der Waals surface area contributed by atoms with Gasteiger partial charge in [0.2, 0.25) is 5.91 Å². The maximum absolute atomic E-state index is 12.3. The predicted octanol–water partition coefficient (Wildman–Crippen LogP) is 3.45. The number of hydrogen-bond acceptors (Lipinski definition) is 4. The van der Waals surface area contributed by atoms with E-state index in [1.807, 2.05) is 17.0 Å². The van der Waals surface area contributed by atoms with Gasteiger partial charge in [0.15, 0.2) is 0 Å². The molecule has 1 amide bonds. The number of nitrogens with zero attached hydrogens (tertiary/aromatic N) is 1. The minimum absolute atomic E-state index is 0.254. The van der Waals surface area contributed by atoms with Crippen molar-refractivity contribution in [2.24, 2.45) is 0 Å². The predicted molar refractivity (Wildman–Crippen MR) is 109 cm³/mol. The van der Waals surface area contributed by atoms with Gasteiger partial charge in [0, 0.05) is 25.6 Å². The van der Waals surface area contributed by atoms with Gasteiger partial charge in [0.1, 0.15) is 0 Å². The van der Waals surface area contributed by atoms with Crippen molar-refractivity contribution in [2.45, 2.75) is 45.3 Å². The number of hydrogen-bond donors (Lipinski definition) is 1. The first-order chi connectivity index (χ1) is 13.6. The van der Waals surface area contributed by atoms with E-state index in [1.165, 1.54) is 18.2 Å². The summed E-state index contributed by atoms with van der Waals surface area (Å²) in [5.74, 6) is -0.0666. The third-order valence-corrected chi connectivity index (χ3v) is 5.28. The summed E-state index contributed by atoms with van der Waals surface area (Å²) in [7, 11) is 1.38. The van der Waals surface area contributed by atoms with E-state index in [0.29, 0.717) is 24.6 Å². The Hall–Kier alpha value is -2.66. The first-order valence-corrected chi connectivity index (χ1v) is 9.80. The molecule has 1 atom stereocenters. The summed E-state index contributed by atoms with van der Waals surface area (Å²) in [4.78, 5) is 25.8. The van der Waals surface area contributed by atoms with Crippen molar-refractivity contribution in [3.8, 4) is 0 Å². The summed E-state index contributed by atoms with van der Waals surface area (Å²) in [6, 6.07) is 16.1. The number of amides is 1. The summed E-state index contributed by atoms with van der Waals surface area (Å²) in [5, 5.41) is 3.44. The highest BCUT2D eigenvalue weighted by atomic mass is 16.5. The quantitative estimate of drug-likeness (QED) is 0.563. The van der Waals surface area contributed by atoms with Crippen LogP contribution >= 0.6 is 0 Å². The molecular formula is C23H28N2O3. The third-order valence-electron chi connectivity index (χ3n) is 5.28. The van der Waals surface area contributed by atoms with Crippen LogP contribution in [0.3, 0.4) is 0 Å². The summed E-state index contributed by atoms with van der Waals surface area (Å²) in [6.07, 6.45) is 2.52. The maximum atomic E-state index is 12.3. The summed E-state index contributed by atoms with van der Waals surface area (Å²) >= 11 is 0. The van der Waals surface area contributed by atoms with Crippen molar-refractivity contribution < 1.29 is 14.3 Å². The van der Waals surface area contributed by atoms with Gasteiger partial charge in [-0.05, 0) is 49.6 Å². The topological polar surface area (TPSA) is 58.6 Å². The van der Waals surface area contributed by atoms with Crippen LogP contribution in [0, 0.1) is 6.92 Å². The number of ether oxygens (including phenoxy) is 1. The van der Waals surface area contributed by atoms with E-state index in [4.69, 9.17) is 4.74 Å². The van der Waals surface area contributed by atoms with E-state index in [1.54, 1.807) is 12.1 Å². The average Bonchev–Trinajstić information content (AvgIpc) is 3.06. The average molecular weight is 380 g/mol. The molecular weight excluding hydrogens is 352 g/mol. The molecule has 2 aromatic rings. The number of nitrogens with one attached hydrogen (secondary N) is 1. The molecule has 0 spiro atoms. The normalized spacial score (nSPS) is 16.4. The van der Waals surface area contributed by atoms with E-state index in [9.17, 15) is 9.59 Å². The van der Waals surface area contributed by atoms with Crippen LogP contribution in [0.15, 0.2) is 48.5 Å². The Balaban J connectivity index is 1.46. The molecule has 0 unspecified atom stereocenters. The third kappa shape index (κ3) is 5.20. The molecule has 1 N–H and O–H groups in total. The minimum Gasteiger partial charge on any atom is -0.465 e. The molecule has 3 rings (SSSR count). The van der Waals surface area contributed by atoms with Crippen molar-refractivity contribution >= 4 is 11.9 Å². The van der Waals surface area contributed by atoms with Crippen LogP contribution in [0.1, 0.15) is 46.3 Å². The Bertz CT molecular complexity index is 800. The van der Waals surface area contributed by atoms with Gasteiger partial charge in [0.05, 0.1) is 12.7 Å². The minimum atomic E-state index is -0.320. The lowest BCUT2D eigenvalue weighted by atomic mass is 10.1. The number of aryl methyl sites for hydroxylation is 1. The molecule has 0 saturated carbocycles. The second-order valence-electron chi connectivity index (χ2n) is 7.35. The van der Waals surface area contributed by atoms with Crippen LogP contribution in [0.4, 0.5) is 0 Å². The van der Waals surface area contributed by atoms with Crippen molar-refractivity contribution in [1.29, 1.82) is 0 Å². The van der Waals surface area contributed by atoms with Crippen LogP contribution in [0.5, 0.6) is 0 Å². The van der Waals surface area contributed by atoms with E-state index < -0.39 is 0 Å². The van der Waals surface area contributed by atoms with Crippen molar-refractivity contribution in [1.82, 2.24) is 10.2 Å². The van der Waals surface area contributed by atoms with Gasteiger partial charge in [0.25, 0.3) is 0 Å². The molecule has 148 valence electrons. The van der Waals surface area contributed by atoms with E-state index in [0.717, 1.165) is 31.5 Å². The van der Waals surface area contributed by atoms with E-state index >= 15 is 0 Å². The fourth-order valence-electron chi connectivity index (χ4n) is 3.58. The van der Waals surface area contributed by atoms with Gasteiger partial charge in [-0.15, -0.1) is 0 Å². The zero-order valence-electron chi connectivity index (χ0n) is 16.6. The highest BCUT2D eigenvalue weighted by Gasteiger charge is 2.30. The van der Waals surface area contributed by atoms with E-state index in [2.05, 4.69) is 36.5 Å². The zero-order chi connectivity index (χ0) is 19.9. The van der Waals surface area contributed by atoms with Gasteiger partial charge < -0.3 is 15.0 Å². The van der Waals surface area contributed by atoms with Gasteiger partial charge in [-0.1, -0.05) is 42.0 Å². The van der Waals surface area contributed by atoms with E-state index in [-0.39, 0.29) is 11.9 Å². The Morgan fingerprint density at radius 3 is 2.46 bits per heavy atom. The molecule has 0 radical (unpaired) electrons. The molecule has 5 nitrogen and oxygen atoms in total. The second-order valence-corrected chi connectivity index (χ2v) is 7.35. The molecule has 1 aliphatic heterocycles. The second kappa shape index (κ2) is 9.51. The van der Waals surface area contributed by atoms with Crippen LogP contribution < -0.4 is 5.32 Å². The molecule has 0 aliphatic carbocycles. The Labute approximate surface area is 166 Å². The highest BCUT2D eigenvalue weighted by molar-refractivity contribution is 5.89. The number of benzene rings is 2. The first kappa shape index (κ1) is 20.1. The van der Waals surface area contributed by atoms with Crippen LogP contribution in [-0.2, 0) is 22.6 Å². The molecule has 1 heterocycles. The maximum Gasteiger partial charge on any atom is 0.337 e. The van der Waals surface area contributed by atoms with Crippen molar-refractivity contribution in [2.75, 3.05) is 13.7 Å². The van der Waals surface area contributed by atoms with Gasteiger partial charge in [-0.25, -0.2) is 4.79 Å². The number of carbonyl (C=O) groups excluding carboxylic acids is 2. The lowest BCUT2D eigenvalue weighted by Crippen LogP contribution is -2.34. The number of likely N-dealkylation sites (tertiary alicyclic amines) is 1. The van der Waals surface area contributed by atoms with Gasteiger partial charge in [-0.2, -0.15) is 0 Å². The van der Waals surface area contributed by atoms with Crippen molar-refractivity contribution in [3.05, 3.63) is 70.8 Å². The molecule has 5 heteroatoms. The Morgan fingerprint density at radius 1 is 1.11 bits per heavy atom. The standard InChI is InChI=1S/C23H28N2O3/c1-17-3-5-19(6-4-17)16-25-21(11-12-22(25)26)13-14-24-15-18-7-9-20(10-8-18)23(27)28-2/h3-10,21,24H,11-16H2,1-2H3/t21-/m1/s1. The van der Waals surface area contributed by atoms with Gasteiger partial charge >= 0.3 is 5.97 Å². The molecule has 0 bridgehead atoms. The summed E-state index contributed by atoms with van der Waals surface area (Å²) in [6.45, 7) is 4.35. The Kier molecular flexibility index (Phi) is 6.82. The first-order valence-electron chi connectivity index (χ1n) is 9.80. The SMILES string of the molecule is COC(=O)c1ccc(CNCC[C@H]2CCC(=O)N2Cc2ccc(C)cc2)cc1. The summed E-state index contributed by atoms with van der Waals surface area (Å²) in [5.41, 5.74) is 4.09.